The van der Waals surface area contributed by atoms with Gasteiger partial charge in [0.1, 0.15) is 5.41 Å². The molecule has 5 nitrogen and oxygen atoms in total. The van der Waals surface area contributed by atoms with E-state index in [0.29, 0.717) is 11.4 Å². The highest BCUT2D eigenvalue weighted by Gasteiger charge is 2.27. The molecule has 0 radical (unpaired) electrons. The van der Waals surface area contributed by atoms with E-state index >= 15 is 0 Å². The first kappa shape index (κ1) is 13.7. The molecule has 1 aromatic carbocycles. The van der Waals surface area contributed by atoms with E-state index in [0.717, 1.165) is 0 Å². The molecule has 2 amide bonds. The molecule has 0 aliphatic heterocycles. The lowest BCUT2D eigenvalue weighted by Gasteiger charge is -2.15. The standard InChI is InChI=1S/C13H15N3O2/c1-9(17)15-10-4-6-11(7-5-10)16-12(18)13(2,3)8-14/h4-7H,1-3H3,(H,15,17)(H,16,18). The third kappa shape index (κ3) is 3.59. The van der Waals surface area contributed by atoms with Gasteiger partial charge in [-0.2, -0.15) is 5.26 Å². The van der Waals surface area contributed by atoms with Crippen molar-refractivity contribution in [2.45, 2.75) is 20.8 Å². The molecule has 0 heterocycles. The molecule has 0 aliphatic rings. The fourth-order valence-corrected chi connectivity index (χ4v) is 1.18. The van der Waals surface area contributed by atoms with Crippen LogP contribution in [0.15, 0.2) is 24.3 Å². The summed E-state index contributed by atoms with van der Waals surface area (Å²) in [5.74, 6) is -0.519. The second-order valence-electron chi connectivity index (χ2n) is 4.45. The third-order valence-electron chi connectivity index (χ3n) is 2.31. The van der Waals surface area contributed by atoms with Crippen LogP contribution in [0.3, 0.4) is 0 Å². The number of benzene rings is 1. The van der Waals surface area contributed by atoms with Crippen LogP contribution >= 0.6 is 0 Å². The van der Waals surface area contributed by atoms with Gasteiger partial charge in [-0.05, 0) is 38.1 Å². The molecule has 94 valence electrons. The van der Waals surface area contributed by atoms with E-state index in [1.807, 2.05) is 6.07 Å². The van der Waals surface area contributed by atoms with Crippen LogP contribution in [0, 0.1) is 16.7 Å². The molecule has 18 heavy (non-hydrogen) atoms. The Hall–Kier alpha value is -2.35. The number of nitriles is 1. The molecular weight excluding hydrogens is 230 g/mol. The zero-order chi connectivity index (χ0) is 13.8. The SMILES string of the molecule is CC(=O)Nc1ccc(NC(=O)C(C)(C)C#N)cc1. The summed E-state index contributed by atoms with van der Waals surface area (Å²) in [4.78, 5) is 22.6. The number of anilines is 2. The molecule has 0 atom stereocenters. The maximum Gasteiger partial charge on any atom is 0.244 e. The minimum absolute atomic E-state index is 0.155. The fraction of sp³-hybridized carbons (Fsp3) is 0.308. The van der Waals surface area contributed by atoms with Gasteiger partial charge in [0.05, 0.1) is 6.07 Å². The Morgan fingerprint density at radius 3 is 1.94 bits per heavy atom. The van der Waals surface area contributed by atoms with E-state index in [1.165, 1.54) is 6.92 Å². The van der Waals surface area contributed by atoms with Crippen LogP contribution in [0.25, 0.3) is 0 Å². The van der Waals surface area contributed by atoms with E-state index in [4.69, 9.17) is 5.26 Å². The number of nitrogens with zero attached hydrogens (tertiary/aromatic N) is 1. The highest BCUT2D eigenvalue weighted by atomic mass is 16.2. The molecular formula is C13H15N3O2. The summed E-state index contributed by atoms with van der Waals surface area (Å²) in [5.41, 5.74) is 0.161. The van der Waals surface area contributed by atoms with E-state index in [1.54, 1.807) is 38.1 Å². The number of hydrogen-bond acceptors (Lipinski definition) is 3. The van der Waals surface area contributed by atoms with Crippen LogP contribution < -0.4 is 10.6 Å². The minimum atomic E-state index is -1.07. The van der Waals surface area contributed by atoms with Crippen LogP contribution in [0.4, 0.5) is 11.4 Å². The molecule has 0 bridgehead atoms. The Morgan fingerprint density at radius 2 is 1.56 bits per heavy atom. The molecule has 0 spiro atoms. The number of nitrogens with one attached hydrogen (secondary N) is 2. The molecule has 0 fully saturated rings. The largest absolute Gasteiger partial charge is 0.326 e. The van der Waals surface area contributed by atoms with Gasteiger partial charge in [-0.25, -0.2) is 0 Å². The summed E-state index contributed by atoms with van der Waals surface area (Å²) < 4.78 is 0. The smallest absolute Gasteiger partial charge is 0.244 e. The van der Waals surface area contributed by atoms with Crippen LogP contribution in [0.5, 0.6) is 0 Å². The van der Waals surface area contributed by atoms with E-state index < -0.39 is 5.41 Å². The number of carbonyl (C=O) groups excluding carboxylic acids is 2. The van der Waals surface area contributed by atoms with Gasteiger partial charge in [0.2, 0.25) is 11.8 Å². The van der Waals surface area contributed by atoms with Crippen LogP contribution in [-0.2, 0) is 9.59 Å². The van der Waals surface area contributed by atoms with Crippen molar-refractivity contribution in [1.82, 2.24) is 0 Å². The Bertz CT molecular complexity index is 498. The van der Waals surface area contributed by atoms with Crippen molar-refractivity contribution in [1.29, 1.82) is 5.26 Å². The lowest BCUT2D eigenvalue weighted by Crippen LogP contribution is -2.29. The number of rotatable bonds is 3. The van der Waals surface area contributed by atoms with Crippen LogP contribution in [-0.4, -0.2) is 11.8 Å². The predicted octanol–water partition coefficient (Wildman–Crippen LogP) is 2.13. The second kappa shape index (κ2) is 5.32. The molecule has 0 unspecified atom stereocenters. The van der Waals surface area contributed by atoms with Gasteiger partial charge < -0.3 is 10.6 Å². The highest BCUT2D eigenvalue weighted by molar-refractivity contribution is 5.97. The number of hydrogen-bond donors (Lipinski definition) is 2. The lowest BCUT2D eigenvalue weighted by molar-refractivity contribution is -0.121. The summed E-state index contributed by atoms with van der Waals surface area (Å²) in [5, 5.41) is 14.1. The molecule has 0 saturated carbocycles. The topological polar surface area (TPSA) is 82.0 Å². The third-order valence-corrected chi connectivity index (χ3v) is 2.31. The van der Waals surface area contributed by atoms with Crippen molar-refractivity contribution < 1.29 is 9.59 Å². The number of carbonyl (C=O) groups is 2. The van der Waals surface area contributed by atoms with E-state index in [9.17, 15) is 9.59 Å². The average Bonchev–Trinajstić information content (AvgIpc) is 2.31. The fourth-order valence-electron chi connectivity index (χ4n) is 1.18. The first-order valence-electron chi connectivity index (χ1n) is 5.45. The van der Waals surface area contributed by atoms with Gasteiger partial charge in [0.25, 0.3) is 0 Å². The average molecular weight is 245 g/mol. The summed E-state index contributed by atoms with van der Waals surface area (Å²) in [6.07, 6.45) is 0. The van der Waals surface area contributed by atoms with Crippen molar-refractivity contribution >= 4 is 23.2 Å². The van der Waals surface area contributed by atoms with Crippen LogP contribution in [0.1, 0.15) is 20.8 Å². The number of amides is 2. The molecule has 2 N–H and O–H groups in total. The summed E-state index contributed by atoms with van der Waals surface area (Å²) in [6, 6.07) is 8.61. The highest BCUT2D eigenvalue weighted by Crippen LogP contribution is 2.19. The van der Waals surface area contributed by atoms with Gasteiger partial charge in [-0.3, -0.25) is 9.59 Å². The Labute approximate surface area is 106 Å². The predicted molar refractivity (Wildman–Crippen MR) is 68.8 cm³/mol. The lowest BCUT2D eigenvalue weighted by atomic mass is 9.94. The van der Waals surface area contributed by atoms with Crippen molar-refractivity contribution in [3.8, 4) is 6.07 Å². The summed E-state index contributed by atoms with van der Waals surface area (Å²) in [6.45, 7) is 4.52. The molecule has 0 aliphatic carbocycles. The van der Waals surface area contributed by atoms with Crippen molar-refractivity contribution in [3.63, 3.8) is 0 Å². The normalized spacial score (nSPS) is 10.3. The Balaban J connectivity index is 2.73. The first-order valence-corrected chi connectivity index (χ1v) is 5.45. The van der Waals surface area contributed by atoms with E-state index in [-0.39, 0.29) is 11.8 Å². The van der Waals surface area contributed by atoms with Crippen LogP contribution in [0.2, 0.25) is 0 Å². The second-order valence-corrected chi connectivity index (χ2v) is 4.45. The Kier molecular flexibility index (Phi) is 4.05. The molecule has 1 aromatic rings. The summed E-state index contributed by atoms with van der Waals surface area (Å²) in [7, 11) is 0. The quantitative estimate of drug-likeness (QED) is 0.855. The maximum absolute atomic E-state index is 11.7. The molecule has 1 rings (SSSR count). The van der Waals surface area contributed by atoms with Crippen molar-refractivity contribution in [2.24, 2.45) is 5.41 Å². The van der Waals surface area contributed by atoms with Crippen molar-refractivity contribution in [3.05, 3.63) is 24.3 Å². The zero-order valence-electron chi connectivity index (χ0n) is 10.6. The van der Waals surface area contributed by atoms with Gasteiger partial charge in [0.15, 0.2) is 0 Å². The van der Waals surface area contributed by atoms with Gasteiger partial charge >= 0.3 is 0 Å². The molecule has 0 saturated heterocycles. The molecule has 0 aromatic heterocycles. The van der Waals surface area contributed by atoms with E-state index in [2.05, 4.69) is 10.6 Å². The monoisotopic (exact) mass is 245 g/mol. The van der Waals surface area contributed by atoms with Gasteiger partial charge in [0, 0.05) is 18.3 Å². The Morgan fingerprint density at radius 1 is 1.11 bits per heavy atom. The van der Waals surface area contributed by atoms with Crippen molar-refractivity contribution in [2.75, 3.05) is 10.6 Å². The maximum atomic E-state index is 11.7. The summed E-state index contributed by atoms with van der Waals surface area (Å²) >= 11 is 0. The zero-order valence-corrected chi connectivity index (χ0v) is 10.6. The van der Waals surface area contributed by atoms with Gasteiger partial charge in [-0.1, -0.05) is 0 Å². The minimum Gasteiger partial charge on any atom is -0.326 e. The first-order chi connectivity index (χ1) is 8.35. The van der Waals surface area contributed by atoms with Gasteiger partial charge in [-0.15, -0.1) is 0 Å². The molecule has 5 heteroatoms.